The summed E-state index contributed by atoms with van der Waals surface area (Å²) in [6.45, 7) is 0.879. The number of methoxy groups -OCH3 is 1. The Hall–Kier alpha value is -3.78. The lowest BCUT2D eigenvalue weighted by Crippen LogP contribution is -2.52. The lowest BCUT2D eigenvalue weighted by atomic mass is 9.77. The van der Waals surface area contributed by atoms with Gasteiger partial charge in [-0.3, -0.25) is 9.59 Å². The third-order valence-corrected chi connectivity index (χ3v) is 8.67. The van der Waals surface area contributed by atoms with Gasteiger partial charge in [0.25, 0.3) is 5.91 Å². The predicted molar refractivity (Wildman–Crippen MR) is 168 cm³/mol. The molecular formula is C33H32ClN3O3S. The number of rotatable bonds is 6. The second-order valence-corrected chi connectivity index (χ2v) is 11.1. The Balaban J connectivity index is 0.00000337. The number of Topliss-reactive ketones (excluding diaryl/α,β-unsaturated/α-hetero) is 1. The Morgan fingerprint density at radius 2 is 1.73 bits per heavy atom. The molecule has 8 heteroatoms. The van der Waals surface area contributed by atoms with Gasteiger partial charge in [-0.15, -0.1) is 12.4 Å². The molecule has 1 fully saturated rings. The van der Waals surface area contributed by atoms with Crippen LogP contribution in [0.4, 0.5) is 5.69 Å². The molecule has 6 rings (SSSR count). The number of carbonyl (C=O) groups is 2. The molecule has 1 aliphatic carbocycles. The van der Waals surface area contributed by atoms with E-state index in [9.17, 15) is 9.59 Å². The molecule has 3 unspecified atom stereocenters. The zero-order chi connectivity index (χ0) is 27.5. The zero-order valence-corrected chi connectivity index (χ0v) is 24.3. The molecule has 2 N–H and O–H groups in total. The van der Waals surface area contributed by atoms with E-state index in [1.807, 2.05) is 84.8 Å². The fourth-order valence-electron chi connectivity index (χ4n) is 5.74. The van der Waals surface area contributed by atoms with Crippen LogP contribution in [0.25, 0.3) is 11.1 Å². The van der Waals surface area contributed by atoms with E-state index in [4.69, 9.17) is 4.74 Å². The fourth-order valence-corrected chi connectivity index (χ4v) is 6.67. The summed E-state index contributed by atoms with van der Waals surface area (Å²) in [6, 6.07) is 24.5. The van der Waals surface area contributed by atoms with Crippen LogP contribution >= 0.6 is 24.2 Å². The minimum absolute atomic E-state index is 0. The number of thioether (sulfide) groups is 1. The van der Waals surface area contributed by atoms with Crippen molar-refractivity contribution in [3.8, 4) is 11.1 Å². The molecule has 3 aliphatic rings. The summed E-state index contributed by atoms with van der Waals surface area (Å²) in [5.41, 5.74) is 5.95. The third-order valence-electron chi connectivity index (χ3n) is 7.70. The smallest absolute Gasteiger partial charge is 0.256 e. The summed E-state index contributed by atoms with van der Waals surface area (Å²) in [5.74, 6) is 1.36. The Kier molecular flexibility index (Phi) is 8.98. The van der Waals surface area contributed by atoms with Crippen LogP contribution in [-0.4, -0.2) is 53.9 Å². The normalized spacial score (nSPS) is 21.1. The highest BCUT2D eigenvalue weighted by Crippen LogP contribution is 2.37. The number of benzene rings is 3. The van der Waals surface area contributed by atoms with Gasteiger partial charge in [0.2, 0.25) is 0 Å². The van der Waals surface area contributed by atoms with E-state index in [0.29, 0.717) is 16.8 Å². The summed E-state index contributed by atoms with van der Waals surface area (Å²) in [7, 11) is 1.66. The van der Waals surface area contributed by atoms with Gasteiger partial charge in [0.15, 0.2) is 5.78 Å². The highest BCUT2D eigenvalue weighted by molar-refractivity contribution is 7.99. The van der Waals surface area contributed by atoms with Gasteiger partial charge in [-0.2, -0.15) is 11.8 Å². The van der Waals surface area contributed by atoms with E-state index in [1.165, 1.54) is 5.70 Å². The molecule has 3 aromatic carbocycles. The van der Waals surface area contributed by atoms with Crippen molar-refractivity contribution in [3.63, 3.8) is 0 Å². The first-order valence-corrected chi connectivity index (χ1v) is 14.6. The number of ketones is 1. The molecule has 0 bridgehead atoms. The second-order valence-electron chi connectivity index (χ2n) is 10.0. The maximum atomic E-state index is 14.1. The molecule has 6 nitrogen and oxygen atoms in total. The third kappa shape index (κ3) is 5.84. The first kappa shape index (κ1) is 28.7. The molecule has 0 spiro atoms. The van der Waals surface area contributed by atoms with Gasteiger partial charge < -0.3 is 20.3 Å². The van der Waals surface area contributed by atoms with E-state index in [0.717, 1.165) is 34.8 Å². The molecule has 3 aromatic rings. The molecule has 0 radical (unpaired) electrons. The van der Waals surface area contributed by atoms with Gasteiger partial charge in [0.1, 0.15) is 0 Å². The van der Waals surface area contributed by atoms with Crippen LogP contribution in [0.2, 0.25) is 0 Å². The standard InChI is InChI=1S/C33H31N3O3S.ClH/c1-39-29-16-13-24-19-34-20-26-21-40-18-17-36(26)31(24)30(29)32(37)23-11-14-25(15-12-23)35-33(38)28-10-6-5-9-27(28)22-7-3-2-4-8-22;/h2-16,19-20,29-31,34H,17-18,21H2,1H3,(H,35,38);1H. The Labute approximate surface area is 251 Å². The molecule has 1 amide bonds. The van der Waals surface area contributed by atoms with Crippen LogP contribution < -0.4 is 10.6 Å². The second kappa shape index (κ2) is 12.8. The summed E-state index contributed by atoms with van der Waals surface area (Å²) in [5, 5.41) is 6.31. The number of halogens is 1. The summed E-state index contributed by atoms with van der Waals surface area (Å²) in [4.78, 5) is 29.7. The number of fused-ring (bicyclic) bond motifs is 3. The highest BCUT2D eigenvalue weighted by atomic mass is 35.5. The number of ether oxygens (including phenoxy) is 1. The maximum absolute atomic E-state index is 14.1. The van der Waals surface area contributed by atoms with E-state index >= 15 is 0 Å². The lowest BCUT2D eigenvalue weighted by molar-refractivity contribution is 0.0418. The van der Waals surface area contributed by atoms with Crippen LogP contribution in [0, 0.1) is 5.92 Å². The van der Waals surface area contributed by atoms with Gasteiger partial charge in [-0.1, -0.05) is 60.7 Å². The van der Waals surface area contributed by atoms with Crippen LogP contribution in [0.3, 0.4) is 0 Å². The lowest BCUT2D eigenvalue weighted by Gasteiger charge is -2.44. The molecule has 0 aromatic heterocycles. The van der Waals surface area contributed by atoms with Crippen molar-refractivity contribution in [1.82, 2.24) is 10.2 Å². The number of amides is 1. The molecule has 1 saturated heterocycles. The van der Waals surface area contributed by atoms with E-state index in [1.54, 1.807) is 31.4 Å². The molecular weight excluding hydrogens is 554 g/mol. The Morgan fingerprint density at radius 1 is 0.976 bits per heavy atom. The Morgan fingerprint density at radius 3 is 2.51 bits per heavy atom. The SMILES string of the molecule is COC1C=CC2=CNC=C3CSCCN3C2C1C(=O)c1ccc(NC(=O)c2ccccc2-c2ccccc2)cc1.Cl. The molecule has 2 heterocycles. The minimum atomic E-state index is -0.397. The monoisotopic (exact) mass is 585 g/mol. The fraction of sp³-hybridized carbons (Fsp3) is 0.212. The molecule has 2 aliphatic heterocycles. The molecule has 3 atom stereocenters. The van der Waals surface area contributed by atoms with Gasteiger partial charge in [0.05, 0.1) is 18.1 Å². The van der Waals surface area contributed by atoms with Crippen molar-refractivity contribution in [1.29, 1.82) is 0 Å². The van der Waals surface area contributed by atoms with Crippen molar-refractivity contribution >= 4 is 41.5 Å². The van der Waals surface area contributed by atoms with Crippen molar-refractivity contribution < 1.29 is 14.3 Å². The van der Waals surface area contributed by atoms with Crippen molar-refractivity contribution in [2.75, 3.05) is 30.5 Å². The molecule has 0 saturated carbocycles. The van der Waals surface area contributed by atoms with E-state index in [2.05, 4.69) is 21.6 Å². The number of nitrogens with zero attached hydrogens (tertiary/aromatic N) is 1. The summed E-state index contributed by atoms with van der Waals surface area (Å²) in [6.07, 6.45) is 7.75. The van der Waals surface area contributed by atoms with Crippen LogP contribution in [0.15, 0.2) is 115 Å². The molecule has 41 heavy (non-hydrogen) atoms. The van der Waals surface area contributed by atoms with Crippen molar-refractivity contribution in [3.05, 3.63) is 126 Å². The average molecular weight is 586 g/mol. The van der Waals surface area contributed by atoms with E-state index in [-0.39, 0.29) is 36.2 Å². The van der Waals surface area contributed by atoms with Crippen molar-refractivity contribution in [2.24, 2.45) is 5.92 Å². The molecule has 210 valence electrons. The zero-order valence-electron chi connectivity index (χ0n) is 22.7. The maximum Gasteiger partial charge on any atom is 0.256 e. The highest BCUT2D eigenvalue weighted by Gasteiger charge is 2.43. The first-order valence-electron chi connectivity index (χ1n) is 13.4. The Bertz CT molecular complexity index is 1500. The number of carbonyl (C=O) groups excluding carboxylic acids is 2. The van der Waals surface area contributed by atoms with Crippen LogP contribution in [-0.2, 0) is 4.74 Å². The number of anilines is 1. The van der Waals surface area contributed by atoms with Crippen LogP contribution in [0.5, 0.6) is 0 Å². The van der Waals surface area contributed by atoms with E-state index < -0.39 is 5.92 Å². The average Bonchev–Trinajstić information content (AvgIpc) is 3.20. The van der Waals surface area contributed by atoms with Crippen molar-refractivity contribution in [2.45, 2.75) is 12.1 Å². The number of hydrogen-bond acceptors (Lipinski definition) is 6. The van der Waals surface area contributed by atoms with Crippen LogP contribution in [0.1, 0.15) is 20.7 Å². The quantitative estimate of drug-likeness (QED) is 0.338. The van der Waals surface area contributed by atoms with Gasteiger partial charge in [0, 0.05) is 60.1 Å². The summed E-state index contributed by atoms with van der Waals surface area (Å²) < 4.78 is 5.83. The predicted octanol–water partition coefficient (Wildman–Crippen LogP) is 6.16. The van der Waals surface area contributed by atoms with Gasteiger partial charge >= 0.3 is 0 Å². The minimum Gasteiger partial charge on any atom is -0.377 e. The first-order chi connectivity index (χ1) is 19.6. The largest absolute Gasteiger partial charge is 0.377 e. The summed E-state index contributed by atoms with van der Waals surface area (Å²) >= 11 is 1.90. The topological polar surface area (TPSA) is 70.7 Å². The van der Waals surface area contributed by atoms with Gasteiger partial charge in [-0.25, -0.2) is 0 Å². The number of hydrogen-bond donors (Lipinski definition) is 2. The van der Waals surface area contributed by atoms with Gasteiger partial charge in [-0.05, 0) is 47.0 Å². The number of nitrogens with one attached hydrogen (secondary N) is 2.